The maximum atomic E-state index is 12.8. The van der Waals surface area contributed by atoms with Gasteiger partial charge in [0.1, 0.15) is 18.1 Å². The molecule has 0 aliphatic carbocycles. The smallest absolute Gasteiger partial charge is 0.326 e. The number of aliphatic carboxylic acids is 2. The fourth-order valence-corrected chi connectivity index (χ4v) is 3.37. The van der Waals surface area contributed by atoms with Crippen molar-refractivity contribution in [3.8, 4) is 0 Å². The molecule has 4 atom stereocenters. The molecule has 0 saturated carbocycles. The molecule has 0 aromatic rings. The van der Waals surface area contributed by atoms with Gasteiger partial charge in [0.2, 0.25) is 23.6 Å². The van der Waals surface area contributed by atoms with Crippen LogP contribution in [-0.2, 0) is 28.8 Å². The Hall–Kier alpha value is -2.91. The third kappa shape index (κ3) is 14.2. The van der Waals surface area contributed by atoms with Crippen LogP contribution in [0, 0.1) is 0 Å². The van der Waals surface area contributed by atoms with E-state index in [0.29, 0.717) is 31.6 Å². The van der Waals surface area contributed by atoms with Gasteiger partial charge in [-0.1, -0.05) is 6.42 Å². The molecule has 0 rings (SSSR count). The number of carbonyl (C=O) groups excluding carboxylic acids is 4. The summed E-state index contributed by atoms with van der Waals surface area (Å²) in [5, 5.41) is 25.3. The number of carboxylic acids is 2. The number of primary amides is 1. The molecule has 200 valence electrons. The summed E-state index contributed by atoms with van der Waals surface area (Å²) in [6, 6.07) is -5.23. The average molecular weight is 521 g/mol. The first-order chi connectivity index (χ1) is 16.4. The van der Waals surface area contributed by atoms with Gasteiger partial charge in [0.05, 0.1) is 12.5 Å². The lowest BCUT2D eigenvalue weighted by molar-refractivity contribution is -0.143. The van der Waals surface area contributed by atoms with Crippen LogP contribution in [0.15, 0.2) is 0 Å². The summed E-state index contributed by atoms with van der Waals surface area (Å²) in [5.41, 5.74) is 16.4. The van der Waals surface area contributed by atoms with Crippen molar-refractivity contribution in [3.05, 3.63) is 0 Å². The number of carboxylic acid groups (broad SMARTS) is 2. The summed E-state index contributed by atoms with van der Waals surface area (Å²) >= 11 is 1.36. The standard InChI is InChI=1S/C20H36N6O8S/c1-35-9-7-13(20(33)34)25-19(32)14(10-16(28)29)26-18(31)12(5-6-15(23)27)24-17(30)11(22)4-2-3-8-21/h11-14H,2-10,21-22H2,1H3,(H2,23,27)(H,24,30)(H,25,32)(H,26,31)(H,28,29)(H,33,34). The molecule has 11 N–H and O–H groups in total. The van der Waals surface area contributed by atoms with E-state index >= 15 is 0 Å². The molecular weight excluding hydrogens is 484 g/mol. The molecule has 15 heteroatoms. The van der Waals surface area contributed by atoms with E-state index in [1.54, 1.807) is 6.26 Å². The molecule has 0 fully saturated rings. The highest BCUT2D eigenvalue weighted by Gasteiger charge is 2.31. The van der Waals surface area contributed by atoms with E-state index in [0.717, 1.165) is 0 Å². The number of nitrogens with one attached hydrogen (secondary N) is 3. The van der Waals surface area contributed by atoms with Crippen molar-refractivity contribution < 1.29 is 39.0 Å². The second-order valence-electron chi connectivity index (χ2n) is 7.80. The molecule has 0 aromatic heterocycles. The zero-order chi connectivity index (χ0) is 27.0. The Labute approximate surface area is 207 Å². The Bertz CT molecular complexity index is 753. The summed E-state index contributed by atoms with van der Waals surface area (Å²) in [6.45, 7) is 0.422. The van der Waals surface area contributed by atoms with Crippen LogP contribution in [0.4, 0.5) is 0 Å². The lowest BCUT2D eigenvalue weighted by Gasteiger charge is -2.24. The summed E-state index contributed by atoms with van der Waals surface area (Å²) in [6.07, 6.45) is 1.99. The van der Waals surface area contributed by atoms with Crippen LogP contribution in [-0.4, -0.2) is 88.5 Å². The first-order valence-corrected chi connectivity index (χ1v) is 12.4. The molecule has 0 heterocycles. The van der Waals surface area contributed by atoms with Crippen LogP contribution < -0.4 is 33.2 Å². The van der Waals surface area contributed by atoms with E-state index in [9.17, 15) is 33.9 Å². The van der Waals surface area contributed by atoms with Gasteiger partial charge in [0.15, 0.2) is 0 Å². The molecule has 0 aliphatic heterocycles. The van der Waals surface area contributed by atoms with Crippen LogP contribution >= 0.6 is 11.8 Å². The van der Waals surface area contributed by atoms with E-state index in [1.807, 2.05) is 0 Å². The molecule has 4 unspecified atom stereocenters. The summed E-state index contributed by atoms with van der Waals surface area (Å²) in [5.74, 6) is -5.74. The van der Waals surface area contributed by atoms with Crippen molar-refractivity contribution >= 4 is 47.3 Å². The zero-order valence-electron chi connectivity index (χ0n) is 19.7. The van der Waals surface area contributed by atoms with Crippen molar-refractivity contribution in [2.45, 2.75) is 69.1 Å². The Morgan fingerprint density at radius 2 is 1.40 bits per heavy atom. The molecule has 35 heavy (non-hydrogen) atoms. The number of hydrogen-bond acceptors (Lipinski definition) is 9. The minimum atomic E-state index is -1.64. The van der Waals surface area contributed by atoms with Crippen LogP contribution in [0.3, 0.4) is 0 Å². The van der Waals surface area contributed by atoms with E-state index < -0.39 is 66.2 Å². The first-order valence-electron chi connectivity index (χ1n) is 11.0. The largest absolute Gasteiger partial charge is 0.481 e. The van der Waals surface area contributed by atoms with Gasteiger partial charge in [0, 0.05) is 6.42 Å². The van der Waals surface area contributed by atoms with Crippen molar-refractivity contribution in [1.29, 1.82) is 0 Å². The Kier molecular flexibility index (Phi) is 16.1. The third-order valence-corrected chi connectivity index (χ3v) is 5.50. The van der Waals surface area contributed by atoms with E-state index in [1.165, 1.54) is 11.8 Å². The Morgan fingerprint density at radius 3 is 1.91 bits per heavy atom. The van der Waals surface area contributed by atoms with Gasteiger partial charge in [-0.3, -0.25) is 24.0 Å². The average Bonchev–Trinajstić information content (AvgIpc) is 2.77. The quantitative estimate of drug-likeness (QED) is 0.0824. The van der Waals surface area contributed by atoms with Crippen molar-refractivity contribution in [1.82, 2.24) is 16.0 Å². The zero-order valence-corrected chi connectivity index (χ0v) is 20.5. The van der Waals surface area contributed by atoms with E-state index in [4.69, 9.17) is 22.3 Å². The predicted molar refractivity (Wildman–Crippen MR) is 128 cm³/mol. The van der Waals surface area contributed by atoms with Crippen LogP contribution in [0.1, 0.15) is 44.9 Å². The van der Waals surface area contributed by atoms with Gasteiger partial charge in [-0.2, -0.15) is 11.8 Å². The summed E-state index contributed by atoms with van der Waals surface area (Å²) < 4.78 is 0. The second-order valence-corrected chi connectivity index (χ2v) is 8.78. The highest BCUT2D eigenvalue weighted by atomic mass is 32.2. The van der Waals surface area contributed by atoms with Crippen LogP contribution in [0.25, 0.3) is 0 Å². The number of nitrogens with two attached hydrogens (primary N) is 3. The molecule has 14 nitrogen and oxygen atoms in total. The maximum absolute atomic E-state index is 12.8. The number of hydrogen-bond donors (Lipinski definition) is 8. The highest BCUT2D eigenvalue weighted by molar-refractivity contribution is 7.98. The topological polar surface area (TPSA) is 257 Å². The number of thioether (sulfide) groups is 1. The van der Waals surface area contributed by atoms with E-state index in [2.05, 4.69) is 16.0 Å². The predicted octanol–water partition coefficient (Wildman–Crippen LogP) is -2.52. The second kappa shape index (κ2) is 17.5. The Morgan fingerprint density at radius 1 is 0.829 bits per heavy atom. The van der Waals surface area contributed by atoms with Gasteiger partial charge >= 0.3 is 11.9 Å². The minimum absolute atomic E-state index is 0.0787. The number of carbonyl (C=O) groups is 6. The molecule has 0 radical (unpaired) electrons. The number of amides is 4. The third-order valence-electron chi connectivity index (χ3n) is 4.86. The highest BCUT2D eigenvalue weighted by Crippen LogP contribution is 2.06. The molecule has 0 spiro atoms. The van der Waals surface area contributed by atoms with Gasteiger partial charge in [-0.05, 0) is 44.2 Å². The minimum Gasteiger partial charge on any atom is -0.481 e. The van der Waals surface area contributed by atoms with Gasteiger partial charge in [0.25, 0.3) is 0 Å². The fraction of sp³-hybridized carbons (Fsp3) is 0.700. The Balaban J connectivity index is 5.48. The molecule has 4 amide bonds. The summed E-state index contributed by atoms with van der Waals surface area (Å²) in [7, 11) is 0. The normalized spacial score (nSPS) is 14.1. The van der Waals surface area contributed by atoms with Crippen LogP contribution in [0.2, 0.25) is 0 Å². The van der Waals surface area contributed by atoms with Gasteiger partial charge < -0.3 is 43.4 Å². The van der Waals surface area contributed by atoms with Crippen molar-refractivity contribution in [2.24, 2.45) is 17.2 Å². The number of rotatable bonds is 19. The van der Waals surface area contributed by atoms with Crippen molar-refractivity contribution in [2.75, 3.05) is 18.6 Å². The van der Waals surface area contributed by atoms with Crippen LogP contribution in [0.5, 0.6) is 0 Å². The number of unbranched alkanes of at least 4 members (excludes halogenated alkanes) is 1. The molecule has 0 saturated heterocycles. The van der Waals surface area contributed by atoms with Gasteiger partial charge in [-0.15, -0.1) is 0 Å². The fourth-order valence-electron chi connectivity index (χ4n) is 2.90. The van der Waals surface area contributed by atoms with Crippen molar-refractivity contribution in [3.63, 3.8) is 0 Å². The SMILES string of the molecule is CSCCC(NC(=O)C(CC(=O)O)NC(=O)C(CCC(N)=O)NC(=O)C(N)CCCCN)C(=O)O. The molecule has 0 bridgehead atoms. The lowest BCUT2D eigenvalue weighted by atomic mass is 10.1. The maximum Gasteiger partial charge on any atom is 0.326 e. The molecular formula is C20H36N6O8S. The first kappa shape index (κ1) is 32.1. The van der Waals surface area contributed by atoms with E-state index in [-0.39, 0.29) is 19.3 Å². The lowest BCUT2D eigenvalue weighted by Crippen LogP contribution is -2.57. The summed E-state index contributed by atoms with van der Waals surface area (Å²) in [4.78, 5) is 71.7. The van der Waals surface area contributed by atoms with Gasteiger partial charge in [-0.25, -0.2) is 4.79 Å². The molecule has 0 aromatic carbocycles. The molecule has 0 aliphatic rings. The monoisotopic (exact) mass is 520 g/mol.